The molecule has 0 atom stereocenters. The number of aryl methyl sites for hydroxylation is 1. The van der Waals surface area contributed by atoms with Gasteiger partial charge in [-0.2, -0.15) is 0 Å². The Balaban J connectivity index is 1.14. The van der Waals surface area contributed by atoms with Gasteiger partial charge in [-0.25, -0.2) is 0 Å². The fourth-order valence-electron chi connectivity index (χ4n) is 7.06. The summed E-state index contributed by atoms with van der Waals surface area (Å²) in [4.78, 5) is 0. The van der Waals surface area contributed by atoms with Crippen LogP contribution >= 0.6 is 0 Å². The van der Waals surface area contributed by atoms with Gasteiger partial charge in [-0.05, 0) is 77.7 Å². The number of fused-ring (bicyclic) bond motifs is 6. The highest BCUT2D eigenvalue weighted by molar-refractivity contribution is 6.12. The number of para-hydroxylation sites is 3. The standard InChI is InChI=1S/C43H30N2/c1-29-9-8-10-33(27-29)32-19-17-30(18-20-32)31-21-23-34(24-22-31)44-42-16-7-4-13-38(42)39-28-35(25-26-43(39)44)45-40-14-5-2-11-36(40)37-12-3-6-15-41(37)45/h2-28H,1H3. The van der Waals surface area contributed by atoms with Gasteiger partial charge in [0.25, 0.3) is 0 Å². The largest absolute Gasteiger partial charge is 0.309 e. The molecule has 7 aromatic carbocycles. The van der Waals surface area contributed by atoms with Gasteiger partial charge in [0, 0.05) is 32.9 Å². The summed E-state index contributed by atoms with van der Waals surface area (Å²) in [7, 11) is 0. The van der Waals surface area contributed by atoms with E-state index in [4.69, 9.17) is 0 Å². The molecular formula is C43H30N2. The Labute approximate surface area is 262 Å². The summed E-state index contributed by atoms with van der Waals surface area (Å²) >= 11 is 0. The van der Waals surface area contributed by atoms with Crippen molar-refractivity contribution in [2.45, 2.75) is 6.92 Å². The molecule has 2 heterocycles. The zero-order valence-corrected chi connectivity index (χ0v) is 25.0. The van der Waals surface area contributed by atoms with E-state index < -0.39 is 0 Å². The second-order valence-electron chi connectivity index (χ2n) is 11.9. The Hall–Kier alpha value is -5.86. The number of hydrogen-bond donors (Lipinski definition) is 0. The fraction of sp³-hybridized carbons (Fsp3) is 0.0233. The van der Waals surface area contributed by atoms with Crippen LogP contribution in [0.3, 0.4) is 0 Å². The molecule has 2 nitrogen and oxygen atoms in total. The highest BCUT2D eigenvalue weighted by Crippen LogP contribution is 2.37. The van der Waals surface area contributed by atoms with Gasteiger partial charge in [0.2, 0.25) is 0 Å². The van der Waals surface area contributed by atoms with Crippen LogP contribution in [-0.4, -0.2) is 9.13 Å². The van der Waals surface area contributed by atoms with Gasteiger partial charge in [-0.1, -0.05) is 121 Å². The van der Waals surface area contributed by atoms with E-state index in [0.717, 1.165) is 5.69 Å². The summed E-state index contributed by atoms with van der Waals surface area (Å²) in [5, 5.41) is 5.06. The van der Waals surface area contributed by atoms with Crippen LogP contribution in [0.1, 0.15) is 5.56 Å². The van der Waals surface area contributed by atoms with E-state index >= 15 is 0 Å². The van der Waals surface area contributed by atoms with Crippen molar-refractivity contribution in [2.24, 2.45) is 0 Å². The number of benzene rings is 7. The predicted molar refractivity (Wildman–Crippen MR) is 191 cm³/mol. The molecule has 0 bridgehead atoms. The molecule has 0 saturated carbocycles. The zero-order valence-electron chi connectivity index (χ0n) is 25.0. The summed E-state index contributed by atoms with van der Waals surface area (Å²) < 4.78 is 4.79. The van der Waals surface area contributed by atoms with Crippen LogP contribution in [-0.2, 0) is 0 Å². The zero-order chi connectivity index (χ0) is 29.9. The summed E-state index contributed by atoms with van der Waals surface area (Å²) in [5.41, 5.74) is 13.4. The van der Waals surface area contributed by atoms with E-state index in [-0.39, 0.29) is 0 Å². The first-order chi connectivity index (χ1) is 22.2. The molecule has 2 aromatic heterocycles. The molecule has 0 unspecified atom stereocenters. The normalized spacial score (nSPS) is 11.7. The molecule has 0 radical (unpaired) electrons. The molecule has 0 spiro atoms. The lowest BCUT2D eigenvalue weighted by Gasteiger charge is -2.11. The summed E-state index contributed by atoms with van der Waals surface area (Å²) in [5.74, 6) is 0. The molecule has 2 heteroatoms. The topological polar surface area (TPSA) is 9.86 Å². The second-order valence-corrected chi connectivity index (χ2v) is 11.9. The molecule has 0 aliphatic heterocycles. The fourth-order valence-corrected chi connectivity index (χ4v) is 7.06. The lowest BCUT2D eigenvalue weighted by Crippen LogP contribution is -1.95. The molecule has 9 rings (SSSR count). The van der Waals surface area contributed by atoms with E-state index in [2.05, 4.69) is 180 Å². The van der Waals surface area contributed by atoms with Gasteiger partial charge >= 0.3 is 0 Å². The first kappa shape index (κ1) is 25.6. The minimum Gasteiger partial charge on any atom is -0.309 e. The van der Waals surface area contributed by atoms with Crippen LogP contribution < -0.4 is 0 Å². The van der Waals surface area contributed by atoms with Gasteiger partial charge in [0.15, 0.2) is 0 Å². The maximum Gasteiger partial charge on any atom is 0.0542 e. The van der Waals surface area contributed by atoms with Crippen LogP contribution in [0.15, 0.2) is 164 Å². The molecule has 0 N–H and O–H groups in total. The lowest BCUT2D eigenvalue weighted by molar-refractivity contribution is 1.17. The Morgan fingerprint density at radius 3 is 1.33 bits per heavy atom. The minimum atomic E-state index is 1.16. The summed E-state index contributed by atoms with van der Waals surface area (Å²) in [6.45, 7) is 2.14. The Bertz CT molecular complexity index is 2470. The number of rotatable bonds is 4. The van der Waals surface area contributed by atoms with Gasteiger partial charge in [0.1, 0.15) is 0 Å². The Morgan fingerprint density at radius 2 is 0.756 bits per heavy atom. The van der Waals surface area contributed by atoms with Crippen molar-refractivity contribution in [2.75, 3.05) is 0 Å². The predicted octanol–water partition coefficient (Wildman–Crippen LogP) is 11.5. The van der Waals surface area contributed by atoms with Gasteiger partial charge < -0.3 is 9.13 Å². The van der Waals surface area contributed by atoms with Crippen molar-refractivity contribution in [1.29, 1.82) is 0 Å². The van der Waals surface area contributed by atoms with Crippen LogP contribution in [0.4, 0.5) is 0 Å². The van der Waals surface area contributed by atoms with Gasteiger partial charge in [0.05, 0.1) is 22.1 Å². The average Bonchev–Trinajstić information content (AvgIpc) is 3.61. The molecular weight excluding hydrogens is 544 g/mol. The average molecular weight is 575 g/mol. The van der Waals surface area contributed by atoms with Crippen molar-refractivity contribution in [3.63, 3.8) is 0 Å². The van der Waals surface area contributed by atoms with E-state index in [1.54, 1.807) is 0 Å². The maximum atomic E-state index is 2.40. The minimum absolute atomic E-state index is 1.16. The second kappa shape index (κ2) is 10.1. The monoisotopic (exact) mass is 574 g/mol. The highest BCUT2D eigenvalue weighted by Gasteiger charge is 2.16. The highest BCUT2D eigenvalue weighted by atomic mass is 15.0. The van der Waals surface area contributed by atoms with E-state index in [0.29, 0.717) is 0 Å². The number of nitrogens with zero attached hydrogens (tertiary/aromatic N) is 2. The first-order valence-electron chi connectivity index (χ1n) is 15.5. The van der Waals surface area contributed by atoms with Crippen LogP contribution in [0, 0.1) is 6.92 Å². The molecule has 0 amide bonds. The lowest BCUT2D eigenvalue weighted by atomic mass is 9.99. The summed E-state index contributed by atoms with van der Waals surface area (Å²) in [6.07, 6.45) is 0. The van der Waals surface area contributed by atoms with Crippen molar-refractivity contribution < 1.29 is 0 Å². The molecule has 0 aliphatic rings. The third-order valence-corrected chi connectivity index (χ3v) is 9.19. The molecule has 0 aliphatic carbocycles. The van der Waals surface area contributed by atoms with Crippen LogP contribution in [0.2, 0.25) is 0 Å². The van der Waals surface area contributed by atoms with Crippen molar-refractivity contribution in [1.82, 2.24) is 9.13 Å². The molecule has 45 heavy (non-hydrogen) atoms. The molecule has 9 aromatic rings. The third kappa shape index (κ3) is 4.11. The number of aromatic nitrogens is 2. The molecule has 212 valence electrons. The van der Waals surface area contributed by atoms with E-state index in [9.17, 15) is 0 Å². The quantitative estimate of drug-likeness (QED) is 0.198. The van der Waals surface area contributed by atoms with E-state index in [1.807, 2.05) is 0 Å². The third-order valence-electron chi connectivity index (χ3n) is 9.19. The molecule has 0 fully saturated rings. The van der Waals surface area contributed by atoms with E-state index in [1.165, 1.54) is 77.1 Å². The van der Waals surface area contributed by atoms with Crippen molar-refractivity contribution >= 4 is 43.6 Å². The Kier molecular flexibility index (Phi) is 5.76. The van der Waals surface area contributed by atoms with Gasteiger partial charge in [-0.3, -0.25) is 0 Å². The van der Waals surface area contributed by atoms with Crippen LogP contribution in [0.5, 0.6) is 0 Å². The van der Waals surface area contributed by atoms with Crippen molar-refractivity contribution in [3.8, 4) is 33.6 Å². The van der Waals surface area contributed by atoms with Crippen LogP contribution in [0.25, 0.3) is 77.2 Å². The SMILES string of the molecule is Cc1cccc(-c2ccc(-c3ccc(-n4c5ccccc5c5cc(-n6c7ccccc7c7ccccc76)ccc54)cc3)cc2)c1. The first-order valence-corrected chi connectivity index (χ1v) is 15.5. The maximum absolute atomic E-state index is 2.40. The number of hydrogen-bond acceptors (Lipinski definition) is 0. The van der Waals surface area contributed by atoms with Crippen molar-refractivity contribution in [3.05, 3.63) is 169 Å². The Morgan fingerprint density at radius 1 is 0.311 bits per heavy atom. The summed E-state index contributed by atoms with van der Waals surface area (Å²) in [6, 6.07) is 59.6. The van der Waals surface area contributed by atoms with Gasteiger partial charge in [-0.15, -0.1) is 0 Å². The smallest absolute Gasteiger partial charge is 0.0542 e. The molecule has 0 saturated heterocycles.